The Kier molecular flexibility index (Phi) is 5.35. The van der Waals surface area contributed by atoms with Crippen LogP contribution >= 0.6 is 11.6 Å². The number of hydrogen-bond acceptors (Lipinski definition) is 3. The molecule has 2 rings (SSSR count). The predicted octanol–water partition coefficient (Wildman–Crippen LogP) is 4.23. The number of aromatic nitrogens is 1. The van der Waals surface area contributed by atoms with E-state index in [-0.39, 0.29) is 6.54 Å². The molecular weight excluding hydrogens is 329 g/mol. The molecule has 23 heavy (non-hydrogen) atoms. The highest BCUT2D eigenvalue weighted by molar-refractivity contribution is 6.32. The summed E-state index contributed by atoms with van der Waals surface area (Å²) in [7, 11) is 1.51. The van der Waals surface area contributed by atoms with Crippen molar-refractivity contribution in [2.45, 2.75) is 6.18 Å². The summed E-state index contributed by atoms with van der Waals surface area (Å²) < 4.78 is 42.6. The van der Waals surface area contributed by atoms with Gasteiger partial charge in [-0.3, -0.25) is 4.98 Å². The molecule has 1 aromatic carbocycles. The molecule has 0 radical (unpaired) electrons. The van der Waals surface area contributed by atoms with Crippen LogP contribution in [-0.2, 0) is 6.18 Å². The Labute approximate surface area is 136 Å². The molecule has 120 valence electrons. The first-order valence-corrected chi connectivity index (χ1v) is 6.87. The number of nitrogens with one attached hydrogen (secondary N) is 1. The van der Waals surface area contributed by atoms with Gasteiger partial charge in [0, 0.05) is 17.4 Å². The molecule has 7 heteroatoms. The Morgan fingerprint density at radius 3 is 2.70 bits per heavy atom. The van der Waals surface area contributed by atoms with Crippen molar-refractivity contribution in [2.75, 3.05) is 19.0 Å². The van der Waals surface area contributed by atoms with Crippen molar-refractivity contribution in [1.29, 1.82) is 0 Å². The zero-order chi connectivity index (χ0) is 16.9. The second kappa shape index (κ2) is 7.25. The number of halogens is 4. The minimum atomic E-state index is -4.47. The monoisotopic (exact) mass is 340 g/mol. The number of anilines is 1. The van der Waals surface area contributed by atoms with E-state index in [1.807, 2.05) is 0 Å². The van der Waals surface area contributed by atoms with E-state index in [0.717, 1.165) is 12.3 Å². The van der Waals surface area contributed by atoms with E-state index in [1.54, 1.807) is 18.2 Å². The molecule has 1 heterocycles. The van der Waals surface area contributed by atoms with Crippen molar-refractivity contribution in [2.24, 2.45) is 0 Å². The number of hydrogen-bond donors (Lipinski definition) is 1. The van der Waals surface area contributed by atoms with Gasteiger partial charge in [-0.15, -0.1) is 0 Å². The van der Waals surface area contributed by atoms with Gasteiger partial charge in [0.05, 0.1) is 18.7 Å². The third-order valence-corrected chi connectivity index (χ3v) is 3.11. The lowest BCUT2D eigenvalue weighted by molar-refractivity contribution is -0.141. The van der Waals surface area contributed by atoms with Gasteiger partial charge >= 0.3 is 6.18 Å². The Morgan fingerprint density at radius 2 is 2.04 bits per heavy atom. The molecular formula is C16H12ClF3N2O. The number of methoxy groups -OCH3 is 1. The van der Waals surface area contributed by atoms with E-state index in [2.05, 4.69) is 22.1 Å². The first kappa shape index (κ1) is 17.0. The van der Waals surface area contributed by atoms with E-state index >= 15 is 0 Å². The third-order valence-electron chi connectivity index (χ3n) is 2.82. The van der Waals surface area contributed by atoms with E-state index in [0.29, 0.717) is 22.0 Å². The molecule has 1 aromatic heterocycles. The molecule has 3 nitrogen and oxygen atoms in total. The zero-order valence-corrected chi connectivity index (χ0v) is 12.8. The summed E-state index contributed by atoms with van der Waals surface area (Å²) in [6.07, 6.45) is -3.37. The average molecular weight is 341 g/mol. The van der Waals surface area contributed by atoms with E-state index in [1.165, 1.54) is 13.2 Å². The molecule has 2 aromatic rings. The molecule has 0 fully saturated rings. The van der Waals surface area contributed by atoms with Crippen LogP contribution in [0.1, 0.15) is 11.3 Å². The SMILES string of the molecule is COc1ccc(C#CCNc2ccnc(C(F)(F)F)c2)cc1Cl. The average Bonchev–Trinajstić information content (AvgIpc) is 2.51. The Hall–Kier alpha value is -2.39. The maximum atomic E-state index is 12.5. The normalized spacial score (nSPS) is 10.7. The highest BCUT2D eigenvalue weighted by Gasteiger charge is 2.32. The van der Waals surface area contributed by atoms with Crippen molar-refractivity contribution in [3.05, 3.63) is 52.8 Å². The number of rotatable bonds is 3. The molecule has 0 unspecified atom stereocenters. The predicted molar refractivity (Wildman–Crippen MR) is 82.6 cm³/mol. The lowest BCUT2D eigenvalue weighted by Crippen LogP contribution is -2.09. The van der Waals surface area contributed by atoms with Gasteiger partial charge in [-0.2, -0.15) is 13.2 Å². The lowest BCUT2D eigenvalue weighted by atomic mass is 10.2. The van der Waals surface area contributed by atoms with Crippen molar-refractivity contribution < 1.29 is 17.9 Å². The summed E-state index contributed by atoms with van der Waals surface area (Å²) in [5, 5.41) is 3.23. The molecule has 0 atom stereocenters. The first-order valence-electron chi connectivity index (χ1n) is 6.49. The van der Waals surface area contributed by atoms with Crippen molar-refractivity contribution in [1.82, 2.24) is 4.98 Å². The third kappa shape index (κ3) is 4.80. The molecule has 0 saturated heterocycles. The number of benzene rings is 1. The molecule has 0 saturated carbocycles. The summed E-state index contributed by atoms with van der Waals surface area (Å²) in [6.45, 7) is 0.185. The van der Waals surface area contributed by atoms with Gasteiger partial charge in [0.25, 0.3) is 0 Å². The van der Waals surface area contributed by atoms with Gasteiger partial charge < -0.3 is 10.1 Å². The smallest absolute Gasteiger partial charge is 0.433 e. The van der Waals surface area contributed by atoms with E-state index in [4.69, 9.17) is 16.3 Å². The number of pyridine rings is 1. The summed E-state index contributed by atoms with van der Waals surface area (Å²) in [4.78, 5) is 3.28. The first-order chi connectivity index (χ1) is 10.9. The summed E-state index contributed by atoms with van der Waals surface area (Å²) in [5.74, 6) is 6.22. The van der Waals surface area contributed by atoms with Gasteiger partial charge in [0.1, 0.15) is 11.4 Å². The highest BCUT2D eigenvalue weighted by Crippen LogP contribution is 2.28. The largest absolute Gasteiger partial charge is 0.495 e. The van der Waals surface area contributed by atoms with Crippen molar-refractivity contribution in [3.63, 3.8) is 0 Å². The molecule has 0 aliphatic carbocycles. The fourth-order valence-corrected chi connectivity index (χ4v) is 1.99. The Balaban J connectivity index is 2.00. The molecule has 0 aliphatic heterocycles. The molecule has 0 bridgehead atoms. The zero-order valence-electron chi connectivity index (χ0n) is 12.0. The lowest BCUT2D eigenvalue weighted by Gasteiger charge is -2.07. The van der Waals surface area contributed by atoms with Crippen LogP contribution in [0.3, 0.4) is 0 Å². The van der Waals surface area contributed by atoms with Crippen LogP contribution in [0.5, 0.6) is 5.75 Å². The summed E-state index contributed by atoms with van der Waals surface area (Å²) in [6, 6.07) is 7.47. The van der Waals surface area contributed by atoms with Crippen molar-refractivity contribution >= 4 is 17.3 Å². The number of ether oxygens (including phenoxy) is 1. The van der Waals surface area contributed by atoms with Crippen LogP contribution in [0.2, 0.25) is 5.02 Å². The van der Waals surface area contributed by atoms with Crippen LogP contribution in [0.15, 0.2) is 36.5 Å². The van der Waals surface area contributed by atoms with Crippen molar-refractivity contribution in [3.8, 4) is 17.6 Å². The number of nitrogens with zero attached hydrogens (tertiary/aromatic N) is 1. The summed E-state index contributed by atoms with van der Waals surface area (Å²) >= 11 is 5.98. The topological polar surface area (TPSA) is 34.1 Å². The van der Waals surface area contributed by atoms with E-state index in [9.17, 15) is 13.2 Å². The second-order valence-corrected chi connectivity index (χ2v) is 4.84. The number of alkyl halides is 3. The summed E-state index contributed by atoms with van der Waals surface area (Å²) in [5.41, 5.74) is 0.0371. The maximum absolute atomic E-state index is 12.5. The van der Waals surface area contributed by atoms with Gasteiger partial charge in [-0.1, -0.05) is 23.4 Å². The van der Waals surface area contributed by atoms with Crippen LogP contribution in [0.25, 0.3) is 0 Å². The van der Waals surface area contributed by atoms with Gasteiger partial charge in [-0.05, 0) is 30.3 Å². The standard InChI is InChI=1S/C16H12ClF3N2O/c1-23-14-5-4-11(9-13(14)17)3-2-7-21-12-6-8-22-15(10-12)16(18,19)20/h4-6,8-10H,7H2,1H3,(H,21,22). The molecule has 0 aliphatic rings. The minimum Gasteiger partial charge on any atom is -0.495 e. The molecule has 0 spiro atoms. The fourth-order valence-electron chi connectivity index (χ4n) is 1.73. The van der Waals surface area contributed by atoms with Crippen LogP contribution in [0.4, 0.5) is 18.9 Å². The fraction of sp³-hybridized carbons (Fsp3) is 0.188. The molecule has 0 amide bonds. The van der Waals surface area contributed by atoms with Gasteiger partial charge in [0.15, 0.2) is 0 Å². The minimum absolute atomic E-state index is 0.185. The Bertz CT molecular complexity index is 751. The van der Waals surface area contributed by atoms with Gasteiger partial charge in [-0.25, -0.2) is 0 Å². The maximum Gasteiger partial charge on any atom is 0.433 e. The van der Waals surface area contributed by atoms with Crippen LogP contribution < -0.4 is 10.1 Å². The van der Waals surface area contributed by atoms with E-state index < -0.39 is 11.9 Å². The highest BCUT2D eigenvalue weighted by atomic mass is 35.5. The van der Waals surface area contributed by atoms with Gasteiger partial charge in [0.2, 0.25) is 0 Å². The molecule has 1 N–H and O–H groups in total. The second-order valence-electron chi connectivity index (χ2n) is 4.43. The quantitative estimate of drug-likeness (QED) is 0.849. The van der Waals surface area contributed by atoms with Crippen LogP contribution in [0, 0.1) is 11.8 Å². The Morgan fingerprint density at radius 1 is 1.26 bits per heavy atom. The van der Waals surface area contributed by atoms with Crippen LogP contribution in [-0.4, -0.2) is 18.6 Å².